The van der Waals surface area contributed by atoms with Crippen molar-refractivity contribution >= 4 is 37.6 Å². The highest BCUT2D eigenvalue weighted by Crippen LogP contribution is 2.43. The molecule has 0 N–H and O–H groups in total. The summed E-state index contributed by atoms with van der Waals surface area (Å²) in [6, 6.07) is 0.521. The van der Waals surface area contributed by atoms with Gasteiger partial charge in [-0.05, 0) is 57.9 Å². The van der Waals surface area contributed by atoms with Gasteiger partial charge in [0.2, 0.25) is 0 Å². The van der Waals surface area contributed by atoms with Gasteiger partial charge in [-0.3, -0.25) is 0 Å². The SMILES string of the molecule is CC(C)Cc1nc2sc3c(N4CCCCC4C)ncnc3c2c2c1COC(C)(C)C2. The van der Waals surface area contributed by atoms with Crippen LogP contribution < -0.4 is 4.90 Å². The van der Waals surface area contributed by atoms with E-state index in [4.69, 9.17) is 19.7 Å². The monoisotopic (exact) mass is 424 g/mol. The number of anilines is 1. The third-order valence-corrected chi connectivity index (χ3v) is 7.64. The molecule has 0 aliphatic carbocycles. The zero-order valence-corrected chi connectivity index (χ0v) is 19.6. The molecule has 5 heterocycles. The number of pyridine rings is 1. The highest BCUT2D eigenvalue weighted by Gasteiger charge is 2.32. The predicted octanol–water partition coefficient (Wildman–Crippen LogP) is 5.67. The molecule has 6 heteroatoms. The van der Waals surface area contributed by atoms with Crippen molar-refractivity contribution < 1.29 is 4.74 Å². The fourth-order valence-electron chi connectivity index (χ4n) is 5.03. The molecule has 30 heavy (non-hydrogen) atoms. The molecule has 1 saturated heterocycles. The van der Waals surface area contributed by atoms with Crippen molar-refractivity contribution in [2.45, 2.75) is 85.0 Å². The fourth-order valence-corrected chi connectivity index (χ4v) is 6.22. The Morgan fingerprint density at radius 3 is 2.83 bits per heavy atom. The van der Waals surface area contributed by atoms with Gasteiger partial charge in [0, 0.05) is 35.7 Å². The van der Waals surface area contributed by atoms with Crippen LogP contribution in [-0.2, 0) is 24.2 Å². The summed E-state index contributed by atoms with van der Waals surface area (Å²) < 4.78 is 7.40. The first-order chi connectivity index (χ1) is 14.3. The van der Waals surface area contributed by atoms with E-state index in [0.29, 0.717) is 18.6 Å². The summed E-state index contributed by atoms with van der Waals surface area (Å²) in [6.45, 7) is 12.9. The smallest absolute Gasteiger partial charge is 0.150 e. The third-order valence-electron chi connectivity index (χ3n) is 6.57. The zero-order valence-electron chi connectivity index (χ0n) is 18.8. The van der Waals surface area contributed by atoms with Gasteiger partial charge in [-0.1, -0.05) is 13.8 Å². The van der Waals surface area contributed by atoms with Gasteiger partial charge in [-0.25, -0.2) is 15.0 Å². The van der Waals surface area contributed by atoms with Gasteiger partial charge in [0.05, 0.1) is 22.4 Å². The van der Waals surface area contributed by atoms with Gasteiger partial charge in [-0.15, -0.1) is 11.3 Å². The summed E-state index contributed by atoms with van der Waals surface area (Å²) in [4.78, 5) is 18.3. The second-order valence-corrected chi connectivity index (χ2v) is 11.0. The quantitative estimate of drug-likeness (QED) is 0.542. The fraction of sp³-hybridized carbons (Fsp3) is 0.625. The summed E-state index contributed by atoms with van der Waals surface area (Å²) in [5.74, 6) is 1.66. The average Bonchev–Trinajstić information content (AvgIpc) is 3.06. The maximum atomic E-state index is 6.21. The molecule has 0 radical (unpaired) electrons. The lowest BCUT2D eigenvalue weighted by molar-refractivity contribution is -0.0402. The Morgan fingerprint density at radius 2 is 2.07 bits per heavy atom. The Hall–Kier alpha value is -1.79. The Balaban J connectivity index is 1.76. The van der Waals surface area contributed by atoms with Crippen molar-refractivity contribution in [3.63, 3.8) is 0 Å². The highest BCUT2D eigenvalue weighted by molar-refractivity contribution is 7.26. The molecule has 1 unspecified atom stereocenters. The average molecular weight is 425 g/mol. The molecule has 1 atom stereocenters. The molecular formula is C24H32N4OS. The van der Waals surface area contributed by atoms with E-state index in [1.807, 2.05) is 0 Å². The molecule has 3 aromatic rings. The van der Waals surface area contributed by atoms with E-state index in [0.717, 1.165) is 35.6 Å². The first-order valence-corrected chi connectivity index (χ1v) is 12.1. The minimum atomic E-state index is -0.165. The molecule has 2 aliphatic heterocycles. The van der Waals surface area contributed by atoms with Crippen molar-refractivity contribution in [2.24, 2.45) is 5.92 Å². The first kappa shape index (κ1) is 20.1. The third kappa shape index (κ3) is 3.38. The summed E-state index contributed by atoms with van der Waals surface area (Å²) in [7, 11) is 0. The lowest BCUT2D eigenvalue weighted by atomic mass is 9.88. The Labute approximate surface area is 182 Å². The van der Waals surface area contributed by atoms with Crippen LogP contribution in [0.3, 0.4) is 0 Å². The van der Waals surface area contributed by atoms with Crippen LogP contribution in [0.15, 0.2) is 6.33 Å². The number of hydrogen-bond donors (Lipinski definition) is 0. The zero-order chi connectivity index (χ0) is 21.0. The molecule has 0 aromatic carbocycles. The molecule has 2 aliphatic rings. The molecule has 3 aromatic heterocycles. The number of piperidine rings is 1. The lowest BCUT2D eigenvalue weighted by Gasteiger charge is -2.34. The van der Waals surface area contributed by atoms with Gasteiger partial charge in [0.25, 0.3) is 0 Å². The van der Waals surface area contributed by atoms with E-state index in [1.165, 1.54) is 46.2 Å². The van der Waals surface area contributed by atoms with Crippen LogP contribution in [-0.4, -0.2) is 33.1 Å². The number of nitrogens with zero attached hydrogens (tertiary/aromatic N) is 4. The maximum Gasteiger partial charge on any atom is 0.150 e. The molecule has 0 saturated carbocycles. The van der Waals surface area contributed by atoms with Crippen LogP contribution in [0.4, 0.5) is 5.82 Å². The maximum absolute atomic E-state index is 6.21. The lowest BCUT2D eigenvalue weighted by Crippen LogP contribution is -2.38. The molecule has 160 valence electrons. The number of thiophene rings is 1. The molecule has 1 fully saturated rings. The largest absolute Gasteiger partial charge is 0.370 e. The van der Waals surface area contributed by atoms with Gasteiger partial charge in [0.15, 0.2) is 0 Å². The van der Waals surface area contributed by atoms with Gasteiger partial charge in [-0.2, -0.15) is 0 Å². The summed E-state index contributed by atoms with van der Waals surface area (Å²) in [6.07, 6.45) is 7.41. The van der Waals surface area contributed by atoms with Crippen LogP contribution in [0.2, 0.25) is 0 Å². The molecule has 0 amide bonds. The van der Waals surface area contributed by atoms with Crippen molar-refractivity contribution in [2.75, 3.05) is 11.4 Å². The van der Waals surface area contributed by atoms with Crippen LogP contribution in [0.25, 0.3) is 20.4 Å². The molecule has 5 rings (SSSR count). The second-order valence-electron chi connectivity index (χ2n) is 10.0. The van der Waals surface area contributed by atoms with Crippen LogP contribution in [0, 0.1) is 5.92 Å². The van der Waals surface area contributed by atoms with E-state index in [1.54, 1.807) is 17.7 Å². The highest BCUT2D eigenvalue weighted by atomic mass is 32.1. The molecular weight excluding hydrogens is 392 g/mol. The van der Waals surface area contributed by atoms with E-state index in [2.05, 4.69) is 39.5 Å². The van der Waals surface area contributed by atoms with E-state index >= 15 is 0 Å². The van der Waals surface area contributed by atoms with E-state index < -0.39 is 0 Å². The molecule has 5 nitrogen and oxygen atoms in total. The predicted molar refractivity (Wildman–Crippen MR) is 124 cm³/mol. The standard InChI is InChI=1S/C24H32N4OS/c1-14(2)10-18-17-12-29-24(4,5)11-16(17)19-20-21(30-23(19)27-18)22(26-13-25-20)28-9-7-6-8-15(28)3/h13-15H,6-12H2,1-5H3. The number of hydrogen-bond acceptors (Lipinski definition) is 6. The van der Waals surface area contributed by atoms with Crippen molar-refractivity contribution in [1.29, 1.82) is 0 Å². The van der Waals surface area contributed by atoms with Crippen molar-refractivity contribution in [3.8, 4) is 0 Å². The molecule has 0 spiro atoms. The number of aromatic nitrogens is 3. The van der Waals surface area contributed by atoms with Crippen LogP contribution >= 0.6 is 11.3 Å². The van der Waals surface area contributed by atoms with Gasteiger partial charge >= 0.3 is 0 Å². The summed E-state index contributed by atoms with van der Waals surface area (Å²) in [5.41, 5.74) is 4.81. The summed E-state index contributed by atoms with van der Waals surface area (Å²) >= 11 is 1.78. The topological polar surface area (TPSA) is 51.1 Å². The normalized spacial score (nSPS) is 21.5. The number of fused-ring (bicyclic) bond motifs is 5. The Bertz CT molecular complexity index is 1100. The van der Waals surface area contributed by atoms with Gasteiger partial charge < -0.3 is 9.64 Å². The van der Waals surface area contributed by atoms with Crippen LogP contribution in [0.5, 0.6) is 0 Å². The minimum Gasteiger partial charge on any atom is -0.370 e. The Kier molecular flexibility index (Phi) is 4.98. The van der Waals surface area contributed by atoms with Crippen molar-refractivity contribution in [3.05, 3.63) is 23.1 Å². The van der Waals surface area contributed by atoms with Crippen molar-refractivity contribution in [1.82, 2.24) is 15.0 Å². The van der Waals surface area contributed by atoms with Gasteiger partial charge in [0.1, 0.15) is 17.0 Å². The van der Waals surface area contributed by atoms with E-state index in [-0.39, 0.29) is 5.60 Å². The summed E-state index contributed by atoms with van der Waals surface area (Å²) in [5, 5.41) is 1.24. The second kappa shape index (κ2) is 7.41. The van der Waals surface area contributed by atoms with E-state index in [9.17, 15) is 0 Å². The Morgan fingerprint density at radius 1 is 1.23 bits per heavy atom. The molecule has 0 bridgehead atoms. The number of ether oxygens (including phenoxy) is 1. The first-order valence-electron chi connectivity index (χ1n) is 11.3. The van der Waals surface area contributed by atoms with Crippen LogP contribution in [0.1, 0.15) is 70.7 Å². The number of rotatable bonds is 3. The minimum absolute atomic E-state index is 0.165.